The fraction of sp³-hybridized carbons (Fsp3) is 0.273. The van der Waals surface area contributed by atoms with E-state index in [1.807, 2.05) is 18.2 Å². The Balaban J connectivity index is 1.90. The van der Waals surface area contributed by atoms with Gasteiger partial charge >= 0.3 is 171 Å². The first-order chi connectivity index (χ1) is 13.5. The number of amides is 1. The summed E-state index contributed by atoms with van der Waals surface area (Å²) < 4.78 is 6.04. The molecule has 1 heterocycles. The van der Waals surface area contributed by atoms with Crippen molar-refractivity contribution in [2.24, 2.45) is 0 Å². The van der Waals surface area contributed by atoms with Gasteiger partial charge in [0, 0.05) is 0 Å². The summed E-state index contributed by atoms with van der Waals surface area (Å²) in [4.78, 5) is 27.3. The summed E-state index contributed by atoms with van der Waals surface area (Å²) in [5.74, 6) is -0.681. The molecule has 28 heavy (non-hydrogen) atoms. The molecule has 146 valence electrons. The number of aromatic nitrogens is 1. The van der Waals surface area contributed by atoms with Crippen molar-refractivity contribution in [2.75, 3.05) is 7.11 Å². The first-order valence-corrected chi connectivity index (χ1v) is 11.2. The average Bonchev–Trinajstić information content (AvgIpc) is 3.03. The number of benzene rings is 2. The number of esters is 1. The topological polar surface area (TPSA) is 71.2 Å². The Hall–Kier alpha value is -2.56. The number of rotatable bonds is 7. The van der Waals surface area contributed by atoms with Crippen molar-refractivity contribution < 1.29 is 14.3 Å². The number of hydrogen-bond donors (Lipinski definition) is 2. The zero-order valence-electron chi connectivity index (χ0n) is 16.2. The molecule has 1 amide bonds. The predicted molar refractivity (Wildman–Crippen MR) is 112 cm³/mol. The molecule has 0 spiro atoms. The minimum absolute atomic E-state index is 0.167. The van der Waals surface area contributed by atoms with Crippen molar-refractivity contribution in [3.63, 3.8) is 0 Å². The molecule has 5 nitrogen and oxygen atoms in total. The molecule has 0 radical (unpaired) electrons. The second-order valence-electron chi connectivity index (χ2n) is 6.73. The Morgan fingerprint density at radius 2 is 1.86 bits per heavy atom. The van der Waals surface area contributed by atoms with Crippen molar-refractivity contribution in [3.8, 4) is 0 Å². The molecular weight excluding hydrogens is 419 g/mol. The van der Waals surface area contributed by atoms with E-state index in [1.165, 1.54) is 25.2 Å². The van der Waals surface area contributed by atoms with Gasteiger partial charge in [0.2, 0.25) is 0 Å². The van der Waals surface area contributed by atoms with E-state index in [0.29, 0.717) is 6.42 Å². The Bertz CT molecular complexity index is 979. The predicted octanol–water partition coefficient (Wildman–Crippen LogP) is 2.23. The minimum atomic E-state index is -0.698. The van der Waals surface area contributed by atoms with E-state index < -0.39 is 12.0 Å². The summed E-state index contributed by atoms with van der Waals surface area (Å²) in [6, 6.07) is 15.9. The quantitative estimate of drug-likeness (QED) is 0.435. The third-order valence-corrected chi connectivity index (χ3v) is 6.89. The molecule has 0 fully saturated rings. The molecule has 3 aromatic rings. The molecule has 0 aliphatic heterocycles. The SMILES string of the molecule is COC(=O)C(Cc1c([Se]Cc2ccc(C)cc2)[nH]c2ccccc12)NC(C)=O. The van der Waals surface area contributed by atoms with Gasteiger partial charge in [-0.15, -0.1) is 0 Å². The van der Waals surface area contributed by atoms with Crippen molar-refractivity contribution in [2.45, 2.75) is 31.6 Å². The molecular formula is C22H24N2O3Se. The van der Waals surface area contributed by atoms with Crippen LogP contribution in [-0.2, 0) is 26.1 Å². The number of aromatic amines is 1. The van der Waals surface area contributed by atoms with E-state index in [-0.39, 0.29) is 20.9 Å². The molecule has 0 aliphatic rings. The van der Waals surface area contributed by atoms with E-state index >= 15 is 0 Å². The molecule has 1 aromatic heterocycles. The molecule has 0 saturated heterocycles. The normalized spacial score (nSPS) is 12.0. The molecule has 0 bridgehead atoms. The Morgan fingerprint density at radius 1 is 1.14 bits per heavy atom. The number of H-pyrrole nitrogens is 1. The fourth-order valence-corrected chi connectivity index (χ4v) is 5.34. The van der Waals surface area contributed by atoms with Crippen LogP contribution in [0.2, 0.25) is 0 Å². The standard InChI is InChI=1S/C22H24N2O3Se/c1-14-8-10-16(11-9-14)13-28-21-18(17-6-4-5-7-19(17)24-21)12-20(22(26)27-3)23-15(2)25/h4-11,20,24H,12-13H2,1-3H3,(H,23,25). The van der Waals surface area contributed by atoms with Crippen LogP contribution in [0.1, 0.15) is 23.6 Å². The van der Waals surface area contributed by atoms with Gasteiger partial charge in [-0.05, 0) is 0 Å². The number of carbonyl (C=O) groups excluding carboxylic acids is 2. The first kappa shape index (κ1) is 20.2. The molecule has 6 heteroatoms. The molecule has 0 saturated carbocycles. The van der Waals surface area contributed by atoms with Gasteiger partial charge in [0.15, 0.2) is 0 Å². The second-order valence-corrected chi connectivity index (χ2v) is 8.80. The van der Waals surface area contributed by atoms with E-state index in [4.69, 9.17) is 4.74 Å². The summed E-state index contributed by atoms with van der Waals surface area (Å²) in [6.07, 6.45) is 0.404. The van der Waals surface area contributed by atoms with Crippen molar-refractivity contribution in [1.29, 1.82) is 0 Å². The van der Waals surface area contributed by atoms with Crippen LogP contribution in [0.3, 0.4) is 0 Å². The van der Waals surface area contributed by atoms with Crippen LogP contribution in [0.5, 0.6) is 0 Å². The van der Waals surface area contributed by atoms with Crippen LogP contribution in [0.4, 0.5) is 0 Å². The monoisotopic (exact) mass is 444 g/mol. The third-order valence-electron chi connectivity index (χ3n) is 4.55. The summed E-state index contributed by atoms with van der Waals surface area (Å²) in [5, 5.41) is 4.76. The molecule has 3 rings (SSSR count). The van der Waals surface area contributed by atoms with E-state index in [0.717, 1.165) is 26.4 Å². The van der Waals surface area contributed by atoms with Crippen molar-refractivity contribution in [3.05, 3.63) is 65.2 Å². The van der Waals surface area contributed by atoms with Crippen molar-refractivity contribution >= 4 is 42.3 Å². The number of aryl methyl sites for hydroxylation is 1. The van der Waals surface area contributed by atoms with Gasteiger partial charge in [-0.25, -0.2) is 0 Å². The van der Waals surface area contributed by atoms with Gasteiger partial charge in [-0.3, -0.25) is 0 Å². The second kappa shape index (κ2) is 9.09. The van der Waals surface area contributed by atoms with Gasteiger partial charge in [0.05, 0.1) is 0 Å². The summed E-state index contributed by atoms with van der Waals surface area (Å²) in [5.41, 5.74) is 4.66. The zero-order chi connectivity index (χ0) is 20.1. The maximum absolute atomic E-state index is 12.2. The van der Waals surface area contributed by atoms with Crippen LogP contribution in [-0.4, -0.2) is 45.0 Å². The molecule has 1 atom stereocenters. The Morgan fingerprint density at radius 3 is 2.54 bits per heavy atom. The number of ether oxygens (including phenoxy) is 1. The number of para-hydroxylation sites is 1. The van der Waals surface area contributed by atoms with Gasteiger partial charge in [0.25, 0.3) is 0 Å². The number of carbonyl (C=O) groups is 2. The van der Waals surface area contributed by atoms with Crippen molar-refractivity contribution in [1.82, 2.24) is 10.3 Å². The molecule has 2 aromatic carbocycles. The first-order valence-electron chi connectivity index (χ1n) is 9.10. The van der Waals surface area contributed by atoms with Gasteiger partial charge in [-0.2, -0.15) is 0 Å². The van der Waals surface area contributed by atoms with E-state index in [1.54, 1.807) is 0 Å². The van der Waals surface area contributed by atoms with E-state index in [2.05, 4.69) is 47.6 Å². The van der Waals surface area contributed by atoms with Gasteiger partial charge < -0.3 is 0 Å². The summed E-state index contributed by atoms with van der Waals surface area (Å²) in [7, 11) is 1.34. The zero-order valence-corrected chi connectivity index (χ0v) is 18.0. The Kier molecular flexibility index (Phi) is 6.55. The number of nitrogens with one attached hydrogen (secondary N) is 2. The summed E-state index contributed by atoms with van der Waals surface area (Å²) >= 11 is 0.167. The number of fused-ring (bicyclic) bond motifs is 1. The van der Waals surface area contributed by atoms with Crippen LogP contribution in [0, 0.1) is 6.92 Å². The average molecular weight is 443 g/mol. The van der Waals surface area contributed by atoms with E-state index in [9.17, 15) is 9.59 Å². The molecule has 0 aliphatic carbocycles. The van der Waals surface area contributed by atoms with Gasteiger partial charge in [0.1, 0.15) is 0 Å². The summed E-state index contributed by atoms with van der Waals surface area (Å²) in [6.45, 7) is 3.49. The molecule has 1 unspecified atom stereocenters. The fourth-order valence-electron chi connectivity index (χ4n) is 3.13. The number of methoxy groups -OCH3 is 1. The van der Waals surface area contributed by atoms with Crippen LogP contribution in [0.25, 0.3) is 10.9 Å². The maximum atomic E-state index is 12.2. The number of hydrogen-bond acceptors (Lipinski definition) is 3. The Labute approximate surface area is 171 Å². The van der Waals surface area contributed by atoms with Crippen LogP contribution >= 0.6 is 0 Å². The van der Waals surface area contributed by atoms with Crippen LogP contribution < -0.4 is 9.91 Å². The van der Waals surface area contributed by atoms with Gasteiger partial charge in [-0.1, -0.05) is 0 Å². The molecule has 2 N–H and O–H groups in total. The third kappa shape index (κ3) is 4.83. The van der Waals surface area contributed by atoms with Crippen LogP contribution in [0.15, 0.2) is 48.5 Å².